The zero-order valence-corrected chi connectivity index (χ0v) is 10.8. The van der Waals surface area contributed by atoms with Crippen LogP contribution in [0.25, 0.3) is 0 Å². The molecule has 0 N–H and O–H groups in total. The van der Waals surface area contributed by atoms with Gasteiger partial charge in [0.25, 0.3) is 5.91 Å². The Morgan fingerprint density at radius 2 is 1.94 bits per heavy atom. The first-order chi connectivity index (χ1) is 8.09. The summed E-state index contributed by atoms with van der Waals surface area (Å²) in [5.41, 5.74) is 0.456. The van der Waals surface area contributed by atoms with Crippen LogP contribution in [0.5, 0.6) is 0 Å². The maximum Gasteiger partial charge on any atom is 0.285 e. The van der Waals surface area contributed by atoms with E-state index < -0.39 is 15.6 Å². The van der Waals surface area contributed by atoms with Gasteiger partial charge in [0.15, 0.2) is 0 Å². The number of benzene rings is 1. The molecule has 17 heavy (non-hydrogen) atoms. The van der Waals surface area contributed by atoms with Crippen molar-refractivity contribution in [1.29, 1.82) is 0 Å². The third-order valence-corrected chi connectivity index (χ3v) is 4.69. The molecule has 0 spiro atoms. The third kappa shape index (κ3) is 2.81. The van der Waals surface area contributed by atoms with E-state index in [1.54, 1.807) is 35.7 Å². The maximum absolute atomic E-state index is 12.3. The number of hydrogen-bond donors (Lipinski definition) is 0. The first kappa shape index (κ1) is 12.0. The molecular formula is C12H11NO2S2. The monoisotopic (exact) mass is 265 g/mol. The largest absolute Gasteiger partial charge is 0.285 e. The van der Waals surface area contributed by atoms with E-state index in [2.05, 4.69) is 4.36 Å². The summed E-state index contributed by atoms with van der Waals surface area (Å²) in [6, 6.07) is 10.4. The minimum atomic E-state index is -2.63. The topological polar surface area (TPSA) is 46.5 Å². The summed E-state index contributed by atoms with van der Waals surface area (Å²) in [5, 5.41) is 3.57. The molecule has 1 aromatic carbocycles. The maximum atomic E-state index is 12.3. The fourth-order valence-electron chi connectivity index (χ4n) is 1.31. The van der Waals surface area contributed by atoms with Gasteiger partial charge in [-0.1, -0.05) is 18.2 Å². The lowest BCUT2D eigenvalue weighted by molar-refractivity contribution is 0.100. The lowest BCUT2D eigenvalue weighted by Crippen LogP contribution is -2.02. The minimum Gasteiger partial charge on any atom is -0.266 e. The second-order valence-electron chi connectivity index (χ2n) is 3.52. The molecule has 0 radical (unpaired) electrons. The standard InChI is InChI=1S/C12H11NO2S2/c1-17(15,11-7-8-16-9-11)13-12(14)10-5-3-2-4-6-10/h2-9H,1H3. The van der Waals surface area contributed by atoms with Crippen LogP contribution in [0, 0.1) is 0 Å². The molecule has 3 nitrogen and oxygen atoms in total. The first-order valence-electron chi connectivity index (χ1n) is 4.93. The van der Waals surface area contributed by atoms with Gasteiger partial charge in [0.1, 0.15) is 0 Å². The van der Waals surface area contributed by atoms with E-state index in [-0.39, 0.29) is 0 Å². The predicted molar refractivity (Wildman–Crippen MR) is 69.9 cm³/mol. The third-order valence-electron chi connectivity index (χ3n) is 2.21. The van der Waals surface area contributed by atoms with Crippen molar-refractivity contribution >= 4 is 27.0 Å². The second-order valence-corrected chi connectivity index (χ2v) is 6.56. The van der Waals surface area contributed by atoms with Crippen LogP contribution in [0.4, 0.5) is 0 Å². The Morgan fingerprint density at radius 1 is 1.24 bits per heavy atom. The fraction of sp³-hybridized carbons (Fsp3) is 0.0833. The van der Waals surface area contributed by atoms with E-state index in [1.807, 2.05) is 11.4 Å². The molecule has 0 fully saturated rings. The highest BCUT2D eigenvalue weighted by molar-refractivity contribution is 7.93. The Labute approximate surface area is 104 Å². The number of thiophene rings is 1. The average Bonchev–Trinajstić information content (AvgIpc) is 2.84. The van der Waals surface area contributed by atoms with Crippen molar-refractivity contribution in [2.45, 2.75) is 4.90 Å². The predicted octanol–water partition coefficient (Wildman–Crippen LogP) is 3.05. The van der Waals surface area contributed by atoms with Gasteiger partial charge in [0.2, 0.25) is 0 Å². The van der Waals surface area contributed by atoms with Crippen molar-refractivity contribution < 1.29 is 9.00 Å². The van der Waals surface area contributed by atoms with Crippen molar-refractivity contribution in [3.63, 3.8) is 0 Å². The zero-order chi connectivity index (χ0) is 12.3. The Bertz CT molecular complexity index is 624. The van der Waals surface area contributed by atoms with Gasteiger partial charge in [0.05, 0.1) is 14.6 Å². The van der Waals surface area contributed by atoms with Crippen LogP contribution in [0.3, 0.4) is 0 Å². The molecule has 0 saturated carbocycles. The van der Waals surface area contributed by atoms with E-state index in [9.17, 15) is 9.00 Å². The van der Waals surface area contributed by atoms with Crippen molar-refractivity contribution in [2.24, 2.45) is 4.36 Å². The molecule has 0 aliphatic heterocycles. The molecule has 1 aromatic heterocycles. The van der Waals surface area contributed by atoms with Gasteiger partial charge in [-0.05, 0) is 23.6 Å². The molecule has 1 amide bonds. The van der Waals surface area contributed by atoms with E-state index in [1.165, 1.54) is 17.6 Å². The molecule has 1 atom stereocenters. The van der Waals surface area contributed by atoms with Crippen LogP contribution >= 0.6 is 11.3 Å². The molecule has 0 bridgehead atoms. The van der Waals surface area contributed by atoms with Crippen molar-refractivity contribution in [1.82, 2.24) is 0 Å². The molecule has 5 heteroatoms. The number of carbonyl (C=O) groups is 1. The van der Waals surface area contributed by atoms with Gasteiger partial charge in [-0.2, -0.15) is 15.7 Å². The van der Waals surface area contributed by atoms with Crippen LogP contribution in [0.1, 0.15) is 10.4 Å². The number of amides is 1. The lowest BCUT2D eigenvalue weighted by atomic mass is 10.2. The normalized spacial score (nSPS) is 13.9. The fourth-order valence-corrected chi connectivity index (χ4v) is 3.64. The van der Waals surface area contributed by atoms with Gasteiger partial charge in [-0.25, -0.2) is 4.21 Å². The van der Waals surface area contributed by atoms with Crippen LogP contribution in [0.2, 0.25) is 0 Å². The van der Waals surface area contributed by atoms with Crippen molar-refractivity contribution in [3.8, 4) is 0 Å². The van der Waals surface area contributed by atoms with E-state index in [0.29, 0.717) is 10.5 Å². The van der Waals surface area contributed by atoms with Gasteiger partial charge in [-0.3, -0.25) is 4.79 Å². The lowest BCUT2D eigenvalue weighted by Gasteiger charge is -2.00. The molecule has 0 aliphatic rings. The van der Waals surface area contributed by atoms with Crippen LogP contribution in [-0.4, -0.2) is 16.4 Å². The zero-order valence-electron chi connectivity index (χ0n) is 9.20. The summed E-state index contributed by atoms with van der Waals surface area (Å²) in [5.74, 6) is -0.440. The molecule has 0 saturated heterocycles. The number of rotatable bonds is 2. The van der Waals surface area contributed by atoms with Gasteiger partial charge in [-0.15, -0.1) is 0 Å². The van der Waals surface area contributed by atoms with Gasteiger partial charge >= 0.3 is 0 Å². The summed E-state index contributed by atoms with van der Waals surface area (Å²) in [4.78, 5) is 12.4. The molecule has 0 aliphatic carbocycles. The van der Waals surface area contributed by atoms with Crippen molar-refractivity contribution in [3.05, 3.63) is 52.7 Å². The Hall–Kier alpha value is -1.46. The number of carbonyl (C=O) groups excluding carboxylic acids is 1. The summed E-state index contributed by atoms with van der Waals surface area (Å²) >= 11 is 1.44. The first-order valence-corrected chi connectivity index (χ1v) is 7.80. The molecule has 2 aromatic rings. The number of nitrogens with zero attached hydrogens (tertiary/aromatic N) is 1. The summed E-state index contributed by atoms with van der Waals surface area (Å²) in [7, 11) is -2.63. The molecule has 1 unspecified atom stereocenters. The molecule has 2 rings (SSSR count). The SMILES string of the molecule is CS(=O)(=NC(=O)c1ccccc1)c1ccsc1. The highest BCUT2D eigenvalue weighted by Gasteiger charge is 2.10. The molecule has 1 heterocycles. The van der Waals surface area contributed by atoms with E-state index in [0.717, 1.165) is 0 Å². The second kappa shape index (κ2) is 4.81. The Balaban J connectivity index is 2.38. The summed E-state index contributed by atoms with van der Waals surface area (Å²) < 4.78 is 16.1. The Kier molecular flexibility index (Phi) is 3.40. The molecule has 88 valence electrons. The Morgan fingerprint density at radius 3 is 2.53 bits per heavy atom. The van der Waals surface area contributed by atoms with E-state index in [4.69, 9.17) is 0 Å². The quantitative estimate of drug-likeness (QED) is 0.837. The van der Waals surface area contributed by atoms with Crippen LogP contribution < -0.4 is 0 Å². The average molecular weight is 265 g/mol. The minimum absolute atomic E-state index is 0.440. The molecular weight excluding hydrogens is 254 g/mol. The number of hydrogen-bond acceptors (Lipinski definition) is 3. The van der Waals surface area contributed by atoms with Gasteiger partial charge in [0, 0.05) is 17.2 Å². The van der Waals surface area contributed by atoms with Gasteiger partial charge < -0.3 is 0 Å². The smallest absolute Gasteiger partial charge is 0.266 e. The summed E-state index contributed by atoms with van der Waals surface area (Å²) in [6.07, 6.45) is 1.48. The highest BCUT2D eigenvalue weighted by Crippen LogP contribution is 2.16. The van der Waals surface area contributed by atoms with E-state index >= 15 is 0 Å². The highest BCUT2D eigenvalue weighted by atomic mass is 32.2. The van der Waals surface area contributed by atoms with Crippen LogP contribution in [-0.2, 0) is 9.73 Å². The summed E-state index contributed by atoms with van der Waals surface area (Å²) in [6.45, 7) is 0. The van der Waals surface area contributed by atoms with Crippen LogP contribution in [0.15, 0.2) is 56.4 Å². The van der Waals surface area contributed by atoms with Crippen molar-refractivity contribution in [2.75, 3.05) is 6.26 Å².